The van der Waals surface area contributed by atoms with Crippen molar-refractivity contribution >= 4 is 17.7 Å². The molecular formula is C48H81N3O35. The molecule has 0 aromatic heterocycles. The van der Waals surface area contributed by atoms with Crippen molar-refractivity contribution in [2.24, 2.45) is 0 Å². The van der Waals surface area contributed by atoms with E-state index in [-0.39, 0.29) is 0 Å². The Morgan fingerprint density at radius 2 is 0.674 bits per heavy atom. The lowest BCUT2D eigenvalue weighted by molar-refractivity contribution is -0.399. The minimum atomic E-state index is -2.44. The minimum absolute atomic E-state index is 0.804. The molecule has 35 atom stereocenters. The highest BCUT2D eigenvalue weighted by atomic mass is 16.8. The maximum absolute atomic E-state index is 13.0. The Morgan fingerprint density at radius 1 is 0.326 bits per heavy atom. The first kappa shape index (κ1) is 70.6. The van der Waals surface area contributed by atoms with Gasteiger partial charge in [0.25, 0.3) is 0 Å². The normalized spacial score (nSPS) is 49.4. The Labute approximate surface area is 488 Å². The number of carbonyl (C=O) groups excluding carboxylic acids is 3. The second-order valence-corrected chi connectivity index (χ2v) is 21.8. The number of aliphatic hydroxyl groups is 19. The molecule has 0 aliphatic carbocycles. The van der Waals surface area contributed by atoms with E-state index >= 15 is 0 Å². The van der Waals surface area contributed by atoms with E-state index in [1.165, 1.54) is 6.92 Å². The van der Waals surface area contributed by atoms with Crippen LogP contribution in [0.15, 0.2) is 0 Å². The van der Waals surface area contributed by atoms with Gasteiger partial charge in [-0.3, -0.25) is 14.4 Å². The Kier molecular flexibility index (Phi) is 25.0. The second-order valence-electron chi connectivity index (χ2n) is 21.8. The molecule has 0 radical (unpaired) electrons. The molecule has 0 unspecified atom stereocenters. The van der Waals surface area contributed by atoms with E-state index in [2.05, 4.69) is 16.0 Å². The van der Waals surface area contributed by atoms with Crippen LogP contribution in [0.1, 0.15) is 27.7 Å². The summed E-state index contributed by atoms with van der Waals surface area (Å²) in [5.41, 5.74) is 0. The maximum Gasteiger partial charge on any atom is 0.217 e. The number of aliphatic hydroxyl groups excluding tert-OH is 19. The highest BCUT2D eigenvalue weighted by molar-refractivity contribution is 5.74. The predicted octanol–water partition coefficient (Wildman–Crippen LogP) is -14.8. The lowest BCUT2D eigenvalue weighted by atomic mass is 9.93. The van der Waals surface area contributed by atoms with Crippen molar-refractivity contribution in [3.8, 4) is 0 Å². The van der Waals surface area contributed by atoms with E-state index in [1.54, 1.807) is 0 Å². The van der Waals surface area contributed by atoms with Gasteiger partial charge >= 0.3 is 0 Å². The van der Waals surface area contributed by atoms with Gasteiger partial charge in [-0.25, -0.2) is 0 Å². The van der Waals surface area contributed by atoms with Gasteiger partial charge in [-0.1, -0.05) is 0 Å². The van der Waals surface area contributed by atoms with Gasteiger partial charge in [-0.05, 0) is 6.92 Å². The van der Waals surface area contributed by atoms with Crippen molar-refractivity contribution in [1.82, 2.24) is 16.0 Å². The third-order valence-corrected chi connectivity index (χ3v) is 15.7. The van der Waals surface area contributed by atoms with Crippen LogP contribution in [-0.2, 0) is 76.0 Å². The van der Waals surface area contributed by atoms with Crippen molar-refractivity contribution in [2.45, 2.75) is 242 Å². The summed E-state index contributed by atoms with van der Waals surface area (Å²) in [6.07, 6.45) is -62.7. The summed E-state index contributed by atoms with van der Waals surface area (Å²) in [7, 11) is 0. The van der Waals surface area contributed by atoms with Crippen LogP contribution in [0, 0.1) is 0 Å². The molecule has 0 aromatic rings. The first-order chi connectivity index (χ1) is 40.6. The molecule has 7 fully saturated rings. The molecule has 38 heteroatoms. The fourth-order valence-electron chi connectivity index (χ4n) is 11.0. The van der Waals surface area contributed by atoms with E-state index in [4.69, 9.17) is 61.6 Å². The molecule has 7 aliphatic heterocycles. The Bertz CT molecular complexity index is 2170. The summed E-state index contributed by atoms with van der Waals surface area (Å²) in [4.78, 5) is 38.1. The molecule has 498 valence electrons. The molecular weight excluding hydrogens is 1180 g/mol. The zero-order chi connectivity index (χ0) is 63.5. The molecule has 86 heavy (non-hydrogen) atoms. The van der Waals surface area contributed by atoms with Crippen LogP contribution in [0.5, 0.6) is 0 Å². The van der Waals surface area contributed by atoms with Crippen LogP contribution < -0.4 is 16.0 Å². The van der Waals surface area contributed by atoms with Gasteiger partial charge in [-0.2, -0.15) is 0 Å². The highest BCUT2D eigenvalue weighted by Crippen LogP contribution is 2.39. The van der Waals surface area contributed by atoms with Crippen LogP contribution >= 0.6 is 0 Å². The number of ether oxygens (including phenoxy) is 13. The first-order valence-electron chi connectivity index (χ1n) is 27.5. The van der Waals surface area contributed by atoms with Crippen molar-refractivity contribution in [3.63, 3.8) is 0 Å². The zero-order valence-corrected chi connectivity index (χ0v) is 46.5. The van der Waals surface area contributed by atoms with Crippen molar-refractivity contribution in [2.75, 3.05) is 39.6 Å². The van der Waals surface area contributed by atoms with Gasteiger partial charge in [0, 0.05) is 20.8 Å². The van der Waals surface area contributed by atoms with Gasteiger partial charge in [0.15, 0.2) is 44.0 Å². The summed E-state index contributed by atoms with van der Waals surface area (Å²) in [5, 5.41) is 214. The molecule has 38 nitrogen and oxygen atoms in total. The average molecular weight is 1260 g/mol. The largest absolute Gasteiger partial charge is 0.394 e. The summed E-state index contributed by atoms with van der Waals surface area (Å²) < 4.78 is 77.3. The number of hydrogen-bond acceptors (Lipinski definition) is 35. The smallest absolute Gasteiger partial charge is 0.217 e. The van der Waals surface area contributed by atoms with Gasteiger partial charge in [0.2, 0.25) is 17.7 Å². The van der Waals surface area contributed by atoms with E-state index in [9.17, 15) is 111 Å². The molecule has 0 bridgehead atoms. The number of rotatable bonds is 21. The summed E-state index contributed by atoms with van der Waals surface area (Å²) in [6, 6.07) is -5.36. The molecule has 7 rings (SSSR count). The minimum Gasteiger partial charge on any atom is -0.394 e. The maximum atomic E-state index is 13.0. The SMILES string of the molecule is CC(=O)N[C@@H]1[C@@H](O[C@@H]2O[C@@H](C)[C@@H](O)[C@@H](O)[C@@H]2O)[C@H](O[C@@H]2O[C@H](CO)[C@@H](O[C@@H]3O[C@H](CO[C@H]4O[C@H](CO)[C@@H](O)[C@H](O)[C@@H]4O)[C@@H](O[C@@H]4O[C@H](CO)[C@@H](O)[C@H](O)[C@H]4NC(C)=O)[C@H](O[C@H]4O[C@H](CO)[C@@H](O)[C@H](O)[C@@H]4O)[C@@H]3O)[C@H](O)[C@H]2NC(C)=O)[C@@H](CO)O[C@H]1O. The predicted molar refractivity (Wildman–Crippen MR) is 265 cm³/mol. The molecule has 7 saturated heterocycles. The van der Waals surface area contributed by atoms with Crippen LogP contribution in [0.3, 0.4) is 0 Å². The van der Waals surface area contributed by atoms with Crippen molar-refractivity contribution < 1.29 is 173 Å². The monoisotopic (exact) mass is 1260 g/mol. The summed E-state index contributed by atoms with van der Waals surface area (Å²) >= 11 is 0. The van der Waals surface area contributed by atoms with Crippen LogP contribution in [0.4, 0.5) is 0 Å². The quantitative estimate of drug-likeness (QED) is 0.0507. The number of amides is 3. The van der Waals surface area contributed by atoms with Gasteiger partial charge < -0.3 is 175 Å². The Balaban J connectivity index is 1.27. The molecule has 3 amide bonds. The highest BCUT2D eigenvalue weighted by Gasteiger charge is 2.60. The van der Waals surface area contributed by atoms with Crippen LogP contribution in [-0.4, -0.2) is 369 Å². The van der Waals surface area contributed by atoms with Gasteiger partial charge in [0.05, 0.1) is 45.7 Å². The number of carbonyl (C=O) groups is 3. The molecule has 7 heterocycles. The molecule has 0 saturated carbocycles. The summed E-state index contributed by atoms with van der Waals surface area (Å²) in [5.74, 6) is -2.57. The van der Waals surface area contributed by atoms with Crippen molar-refractivity contribution in [3.05, 3.63) is 0 Å². The molecule has 22 N–H and O–H groups in total. The van der Waals surface area contributed by atoms with Gasteiger partial charge in [0.1, 0.15) is 165 Å². The van der Waals surface area contributed by atoms with Crippen LogP contribution in [0.25, 0.3) is 0 Å². The third kappa shape index (κ3) is 15.4. The fraction of sp³-hybridized carbons (Fsp3) is 0.938. The topological polar surface area (TPSA) is 592 Å². The van der Waals surface area contributed by atoms with Crippen molar-refractivity contribution in [1.29, 1.82) is 0 Å². The summed E-state index contributed by atoms with van der Waals surface area (Å²) in [6.45, 7) is -1.87. The van der Waals surface area contributed by atoms with Crippen LogP contribution in [0.2, 0.25) is 0 Å². The van der Waals surface area contributed by atoms with E-state index < -0.39 is 272 Å². The van der Waals surface area contributed by atoms with E-state index in [1.807, 2.05) is 0 Å². The lowest BCUT2D eigenvalue weighted by Crippen LogP contribution is -2.71. The third-order valence-electron chi connectivity index (χ3n) is 15.7. The fourth-order valence-corrected chi connectivity index (χ4v) is 11.0. The Hall–Kier alpha value is -2.87. The number of nitrogens with one attached hydrogen (secondary N) is 3. The standard InChI is InChI=1S/C48H81N3O35/c1-11-24(60)30(66)34(70)46(75-11)85-40-23(51-14(4)59)42(73)76-19(9-56)38(40)83-44-22(50-13(3)58)29(65)37(18(8-55)80-44)82-48-36(72)41(86-47-35(71)32(68)27(63)17(7-54)79-47)39(84-43-21(49-12(2)57)28(64)25(61)15(5-52)77-43)20(81-48)10-74-45-33(69)31(67)26(62)16(6-53)78-45/h11,15-48,52-56,60-73H,5-10H2,1-4H3,(H,49,57)(H,50,58)(H,51,59)/t11-,15+,16+,17+,18+,19+,20+,21+,22+,23+,24+,25+,26+,27+,28+,29+,30+,31-,32-,33-,34-,35-,36-,37+,38+,39+,40+,41+,42+,43-,44-,45-,46-,47+,48-/m0/s1. The average Bonchev–Trinajstić information content (AvgIpc) is 0.907. The Morgan fingerprint density at radius 3 is 1.19 bits per heavy atom. The number of hydrogen-bond donors (Lipinski definition) is 22. The molecule has 7 aliphatic rings. The molecule has 0 aromatic carbocycles. The molecule has 0 spiro atoms. The first-order valence-corrected chi connectivity index (χ1v) is 27.5. The van der Waals surface area contributed by atoms with Gasteiger partial charge in [-0.15, -0.1) is 0 Å². The lowest BCUT2D eigenvalue weighted by Gasteiger charge is -2.52. The zero-order valence-electron chi connectivity index (χ0n) is 46.5. The van der Waals surface area contributed by atoms with E-state index in [0.29, 0.717) is 0 Å². The second kappa shape index (κ2) is 30.5. The van der Waals surface area contributed by atoms with E-state index in [0.717, 1.165) is 20.8 Å².